The van der Waals surface area contributed by atoms with Crippen LogP contribution in [-0.4, -0.2) is 14.6 Å². The number of nitrogens with zero attached hydrogens (tertiary/aromatic N) is 3. The van der Waals surface area contributed by atoms with Crippen molar-refractivity contribution in [3.05, 3.63) is 29.2 Å². The molecule has 0 radical (unpaired) electrons. The Kier molecular flexibility index (Phi) is 1.38. The number of hydrogen-bond acceptors (Lipinski definition) is 2. The van der Waals surface area contributed by atoms with Gasteiger partial charge in [0.25, 0.3) is 0 Å². The molecule has 66 valence electrons. The summed E-state index contributed by atoms with van der Waals surface area (Å²) >= 11 is 6.07. The lowest BCUT2D eigenvalue weighted by Crippen LogP contribution is -1.95. The quantitative estimate of drug-likeness (QED) is 0.696. The number of hydrogen-bond donors (Lipinski definition) is 0. The lowest BCUT2D eigenvalue weighted by Gasteiger charge is -2.01. The van der Waals surface area contributed by atoms with Crippen LogP contribution >= 0.6 is 11.6 Å². The Balaban J connectivity index is 2.27. The lowest BCUT2D eigenvalue weighted by molar-refractivity contribution is 0.909. The lowest BCUT2D eigenvalue weighted by atomic mass is 10.3. The van der Waals surface area contributed by atoms with Crippen molar-refractivity contribution in [1.29, 1.82) is 0 Å². The van der Waals surface area contributed by atoms with Crippen molar-refractivity contribution in [2.24, 2.45) is 0 Å². The van der Waals surface area contributed by atoms with Gasteiger partial charge < -0.3 is 0 Å². The molecule has 0 unspecified atom stereocenters. The molecule has 0 atom stereocenters. The van der Waals surface area contributed by atoms with Crippen LogP contribution in [0.3, 0.4) is 0 Å². The van der Waals surface area contributed by atoms with Crippen molar-refractivity contribution in [2.75, 3.05) is 0 Å². The minimum absolute atomic E-state index is 0.590. The predicted octanol–water partition coefficient (Wildman–Crippen LogP) is 2.26. The first-order valence-corrected chi connectivity index (χ1v) is 4.72. The highest BCUT2D eigenvalue weighted by Gasteiger charge is 2.27. The summed E-state index contributed by atoms with van der Waals surface area (Å²) < 4.78 is 1.70. The van der Waals surface area contributed by atoms with E-state index >= 15 is 0 Å². The van der Waals surface area contributed by atoms with Gasteiger partial charge in [0.2, 0.25) is 0 Å². The molecular weight excluding hydrogens is 186 g/mol. The van der Waals surface area contributed by atoms with Gasteiger partial charge in [-0.05, 0) is 12.8 Å². The molecule has 4 heteroatoms. The maximum atomic E-state index is 6.07. The van der Waals surface area contributed by atoms with Crippen molar-refractivity contribution in [2.45, 2.75) is 18.8 Å². The molecule has 0 aliphatic heterocycles. The molecule has 2 aromatic rings. The third kappa shape index (κ3) is 1.11. The van der Waals surface area contributed by atoms with E-state index in [-0.39, 0.29) is 0 Å². The first-order valence-electron chi connectivity index (χ1n) is 4.34. The number of fused-ring (bicyclic) bond motifs is 1. The summed E-state index contributed by atoms with van der Waals surface area (Å²) in [6.07, 6.45) is 6.00. The van der Waals surface area contributed by atoms with Gasteiger partial charge in [-0.3, -0.25) is 0 Å². The minimum Gasteiger partial charge on any atom is -0.232 e. The van der Waals surface area contributed by atoms with Crippen LogP contribution in [0.25, 0.3) is 5.65 Å². The Morgan fingerprint density at radius 1 is 1.46 bits per heavy atom. The molecule has 3 nitrogen and oxygen atoms in total. The molecule has 3 rings (SSSR count). The fraction of sp³-hybridized carbons (Fsp3) is 0.333. The smallest absolute Gasteiger partial charge is 0.155 e. The Morgan fingerprint density at radius 3 is 3.08 bits per heavy atom. The highest BCUT2D eigenvalue weighted by molar-refractivity contribution is 6.31. The van der Waals surface area contributed by atoms with E-state index in [1.165, 1.54) is 12.8 Å². The second kappa shape index (κ2) is 2.45. The Morgan fingerprint density at radius 2 is 2.31 bits per heavy atom. The molecule has 0 bridgehead atoms. The van der Waals surface area contributed by atoms with Gasteiger partial charge in [-0.2, -0.15) is 5.10 Å². The normalized spacial score (nSPS) is 16.7. The molecule has 0 amide bonds. The highest BCUT2D eigenvalue weighted by atomic mass is 35.5. The zero-order chi connectivity index (χ0) is 8.84. The zero-order valence-corrected chi connectivity index (χ0v) is 7.70. The zero-order valence-electron chi connectivity index (χ0n) is 6.94. The van der Waals surface area contributed by atoms with E-state index < -0.39 is 0 Å². The maximum Gasteiger partial charge on any atom is 0.155 e. The van der Waals surface area contributed by atoms with E-state index in [0.717, 1.165) is 16.4 Å². The van der Waals surface area contributed by atoms with Crippen LogP contribution in [0.4, 0.5) is 0 Å². The van der Waals surface area contributed by atoms with Crippen LogP contribution in [0.2, 0.25) is 5.02 Å². The molecule has 1 aliphatic carbocycles. The van der Waals surface area contributed by atoms with Gasteiger partial charge in [0.05, 0.1) is 23.1 Å². The second-order valence-electron chi connectivity index (χ2n) is 3.38. The van der Waals surface area contributed by atoms with Gasteiger partial charge in [-0.15, -0.1) is 0 Å². The largest absolute Gasteiger partial charge is 0.232 e. The van der Waals surface area contributed by atoms with E-state index in [2.05, 4.69) is 10.1 Å². The topological polar surface area (TPSA) is 30.2 Å². The fourth-order valence-electron chi connectivity index (χ4n) is 1.49. The van der Waals surface area contributed by atoms with Crippen molar-refractivity contribution in [3.63, 3.8) is 0 Å². The van der Waals surface area contributed by atoms with Gasteiger partial charge in [0.15, 0.2) is 5.65 Å². The molecule has 0 saturated heterocycles. The van der Waals surface area contributed by atoms with Crippen molar-refractivity contribution in [1.82, 2.24) is 14.6 Å². The summed E-state index contributed by atoms with van der Waals surface area (Å²) in [5.41, 5.74) is 1.92. The third-order valence-electron chi connectivity index (χ3n) is 2.33. The van der Waals surface area contributed by atoms with Gasteiger partial charge in [-0.25, -0.2) is 9.50 Å². The molecule has 1 saturated carbocycles. The summed E-state index contributed by atoms with van der Waals surface area (Å²) in [6, 6.07) is 1.89. The SMILES string of the molecule is Clc1cn2nccc2nc1C1CC1. The maximum absolute atomic E-state index is 6.07. The van der Waals surface area contributed by atoms with E-state index in [1.807, 2.05) is 12.3 Å². The number of aromatic nitrogens is 3. The van der Waals surface area contributed by atoms with Crippen LogP contribution in [0.15, 0.2) is 18.5 Å². The number of rotatable bonds is 1. The summed E-state index contributed by atoms with van der Waals surface area (Å²) in [4.78, 5) is 4.47. The first-order chi connectivity index (χ1) is 6.34. The van der Waals surface area contributed by atoms with Gasteiger partial charge >= 0.3 is 0 Å². The van der Waals surface area contributed by atoms with Crippen molar-refractivity contribution in [3.8, 4) is 0 Å². The Hall–Kier alpha value is -1.09. The fourth-order valence-corrected chi connectivity index (χ4v) is 1.78. The third-order valence-corrected chi connectivity index (χ3v) is 2.62. The van der Waals surface area contributed by atoms with E-state index in [0.29, 0.717) is 5.92 Å². The molecule has 0 spiro atoms. The molecule has 13 heavy (non-hydrogen) atoms. The molecule has 0 N–H and O–H groups in total. The molecule has 0 aromatic carbocycles. The van der Waals surface area contributed by atoms with Gasteiger partial charge in [-0.1, -0.05) is 11.6 Å². The van der Waals surface area contributed by atoms with E-state index in [1.54, 1.807) is 10.7 Å². The molecular formula is C9H8ClN3. The Bertz CT molecular complexity index is 459. The Labute approximate surface area is 80.3 Å². The van der Waals surface area contributed by atoms with Crippen LogP contribution < -0.4 is 0 Å². The number of halogens is 1. The van der Waals surface area contributed by atoms with Crippen molar-refractivity contribution >= 4 is 17.2 Å². The summed E-state index contributed by atoms with van der Waals surface area (Å²) in [5, 5.41) is 4.81. The van der Waals surface area contributed by atoms with Crippen LogP contribution in [0.1, 0.15) is 24.5 Å². The molecule has 1 aliphatic rings. The van der Waals surface area contributed by atoms with Gasteiger partial charge in [0.1, 0.15) is 0 Å². The average Bonchev–Trinajstić information content (AvgIpc) is 2.85. The summed E-state index contributed by atoms with van der Waals surface area (Å²) in [7, 11) is 0. The first kappa shape index (κ1) is 7.33. The van der Waals surface area contributed by atoms with Gasteiger partial charge in [0, 0.05) is 12.0 Å². The second-order valence-corrected chi connectivity index (χ2v) is 3.79. The minimum atomic E-state index is 0.590. The van der Waals surface area contributed by atoms with Crippen molar-refractivity contribution < 1.29 is 0 Å². The highest BCUT2D eigenvalue weighted by Crippen LogP contribution is 2.41. The van der Waals surface area contributed by atoms with Crippen LogP contribution in [-0.2, 0) is 0 Å². The van der Waals surface area contributed by atoms with Crippen LogP contribution in [0, 0.1) is 0 Å². The van der Waals surface area contributed by atoms with E-state index in [4.69, 9.17) is 11.6 Å². The average molecular weight is 194 g/mol. The monoisotopic (exact) mass is 193 g/mol. The van der Waals surface area contributed by atoms with E-state index in [9.17, 15) is 0 Å². The molecule has 1 fully saturated rings. The summed E-state index contributed by atoms with van der Waals surface area (Å²) in [6.45, 7) is 0. The summed E-state index contributed by atoms with van der Waals surface area (Å²) in [5.74, 6) is 0.590. The molecule has 2 heterocycles. The molecule has 2 aromatic heterocycles. The predicted molar refractivity (Wildman–Crippen MR) is 50.0 cm³/mol. The van der Waals surface area contributed by atoms with Crippen LogP contribution in [0.5, 0.6) is 0 Å². The standard InChI is InChI=1S/C9H8ClN3/c10-7-5-13-8(3-4-11-13)12-9(7)6-1-2-6/h3-6H,1-2H2.